The number of benzene rings is 2. The molecule has 2 aliphatic heterocycles. The Bertz CT molecular complexity index is 1430. The van der Waals surface area contributed by atoms with Gasteiger partial charge in [0, 0.05) is 44.0 Å². The molecule has 3 fully saturated rings. The molecule has 2 atom stereocenters. The van der Waals surface area contributed by atoms with E-state index < -0.39 is 0 Å². The largest absolute Gasteiger partial charge is 0.371 e. The van der Waals surface area contributed by atoms with E-state index in [-0.39, 0.29) is 0 Å². The van der Waals surface area contributed by atoms with Gasteiger partial charge in [0.2, 0.25) is 0 Å². The molecule has 1 saturated carbocycles. The number of rotatable bonds is 6. The summed E-state index contributed by atoms with van der Waals surface area (Å²) >= 11 is 0. The fourth-order valence-electron chi connectivity index (χ4n) is 6.41. The Morgan fingerprint density at radius 2 is 1.84 bits per heavy atom. The molecule has 4 aromatic rings. The van der Waals surface area contributed by atoms with Crippen LogP contribution in [0.2, 0.25) is 0 Å². The van der Waals surface area contributed by atoms with E-state index in [0.717, 1.165) is 71.1 Å². The number of imidazole rings is 2. The van der Waals surface area contributed by atoms with Gasteiger partial charge in [-0.05, 0) is 68.2 Å². The molecule has 7 rings (SSSR count). The van der Waals surface area contributed by atoms with Gasteiger partial charge in [0.25, 0.3) is 0 Å². The van der Waals surface area contributed by atoms with Crippen molar-refractivity contribution in [3.8, 4) is 22.9 Å². The summed E-state index contributed by atoms with van der Waals surface area (Å²) in [5, 5.41) is 3.70. The second-order valence-electron chi connectivity index (χ2n) is 11.2. The molecule has 2 aromatic carbocycles. The number of nitrogens with one attached hydrogen (secondary N) is 1. The van der Waals surface area contributed by atoms with Gasteiger partial charge in [0.1, 0.15) is 11.5 Å². The third-order valence-corrected chi connectivity index (χ3v) is 8.82. The van der Waals surface area contributed by atoms with Crippen molar-refractivity contribution >= 4 is 16.7 Å². The molecule has 0 radical (unpaired) electrons. The maximum Gasteiger partial charge on any atom is 0.159 e. The molecule has 3 aliphatic rings. The molecule has 2 saturated heterocycles. The number of nitrogens with zero attached hydrogens (tertiary/aromatic N) is 5. The number of aromatic nitrogens is 4. The van der Waals surface area contributed by atoms with E-state index in [1.807, 2.05) is 6.20 Å². The summed E-state index contributed by atoms with van der Waals surface area (Å²) in [5.41, 5.74) is 6.71. The van der Waals surface area contributed by atoms with E-state index >= 15 is 0 Å². The van der Waals surface area contributed by atoms with E-state index in [1.165, 1.54) is 44.2 Å². The van der Waals surface area contributed by atoms with Crippen molar-refractivity contribution < 1.29 is 0 Å². The number of hydrogen-bond donors (Lipinski definition) is 1. The first kappa shape index (κ1) is 22.8. The summed E-state index contributed by atoms with van der Waals surface area (Å²) in [5.74, 6) is 3.56. The quantitative estimate of drug-likeness (QED) is 0.383. The molecule has 1 aliphatic carbocycles. The molecule has 2 aromatic heterocycles. The first-order valence-corrected chi connectivity index (χ1v) is 13.9. The lowest BCUT2D eigenvalue weighted by Gasteiger charge is -2.25. The van der Waals surface area contributed by atoms with Crippen molar-refractivity contribution in [3.63, 3.8) is 0 Å². The normalized spacial score (nSPS) is 21.8. The summed E-state index contributed by atoms with van der Waals surface area (Å²) in [6.45, 7) is 8.87. The molecule has 190 valence electrons. The third kappa shape index (κ3) is 4.17. The SMILES string of the molecule is C=C(c1ccc2c(c1)nc(-c1cnc(-c3ccccc3)n1CC1CC1)n2C)N1CCC2CCNC2CC1. The molecule has 0 spiro atoms. The Balaban J connectivity index is 1.21. The van der Waals surface area contributed by atoms with Crippen LogP contribution in [0.3, 0.4) is 0 Å². The van der Waals surface area contributed by atoms with Crippen LogP contribution < -0.4 is 5.32 Å². The highest BCUT2D eigenvalue weighted by Gasteiger charge is 2.31. The molecular weight excluding hydrogens is 456 g/mol. The van der Waals surface area contributed by atoms with Crippen LogP contribution in [-0.4, -0.2) is 49.7 Å². The maximum absolute atomic E-state index is 5.16. The Morgan fingerprint density at radius 1 is 1.00 bits per heavy atom. The van der Waals surface area contributed by atoms with Crippen LogP contribution in [0.5, 0.6) is 0 Å². The average Bonchev–Trinajstić information content (AvgIpc) is 3.42. The molecule has 2 unspecified atom stereocenters. The maximum atomic E-state index is 5.16. The summed E-state index contributed by atoms with van der Waals surface area (Å²) in [7, 11) is 2.12. The molecule has 0 bridgehead atoms. The molecule has 1 N–H and O–H groups in total. The van der Waals surface area contributed by atoms with Gasteiger partial charge in [0.05, 0.1) is 17.2 Å². The first-order chi connectivity index (χ1) is 18.2. The van der Waals surface area contributed by atoms with Crippen molar-refractivity contribution in [2.75, 3.05) is 19.6 Å². The van der Waals surface area contributed by atoms with E-state index in [1.54, 1.807) is 0 Å². The van der Waals surface area contributed by atoms with Crippen molar-refractivity contribution in [1.29, 1.82) is 0 Å². The standard InChI is InChI=1S/C31H36N6/c1-21(36-16-13-23-12-15-32-26(23)14-17-36)25-10-11-28-27(18-25)34-31(35(28)2)29-19-33-30(24-6-4-3-5-7-24)37(29)20-22-8-9-22/h3-7,10-11,18-19,22-23,26,32H,1,8-9,12-17,20H2,2H3. The van der Waals surface area contributed by atoms with Crippen LogP contribution in [-0.2, 0) is 13.6 Å². The van der Waals surface area contributed by atoms with E-state index in [4.69, 9.17) is 9.97 Å². The van der Waals surface area contributed by atoms with Gasteiger partial charge in [-0.15, -0.1) is 0 Å². The number of hydrogen-bond acceptors (Lipinski definition) is 4. The average molecular weight is 493 g/mol. The Hall–Kier alpha value is -3.38. The zero-order valence-electron chi connectivity index (χ0n) is 21.7. The topological polar surface area (TPSA) is 50.9 Å². The van der Waals surface area contributed by atoms with Gasteiger partial charge in [-0.1, -0.05) is 43.0 Å². The highest BCUT2D eigenvalue weighted by molar-refractivity contribution is 5.84. The van der Waals surface area contributed by atoms with E-state index in [0.29, 0.717) is 6.04 Å². The minimum absolute atomic E-state index is 0.680. The van der Waals surface area contributed by atoms with Crippen molar-refractivity contribution in [2.24, 2.45) is 18.9 Å². The molecule has 6 heteroatoms. The molecular formula is C31H36N6. The van der Waals surface area contributed by atoms with Crippen LogP contribution in [0.4, 0.5) is 0 Å². The summed E-state index contributed by atoms with van der Waals surface area (Å²) in [6, 6.07) is 17.9. The Labute approximate surface area is 219 Å². The molecule has 4 heterocycles. The van der Waals surface area contributed by atoms with Gasteiger partial charge >= 0.3 is 0 Å². The minimum atomic E-state index is 0.680. The first-order valence-electron chi connectivity index (χ1n) is 13.9. The second-order valence-corrected chi connectivity index (χ2v) is 11.2. The van der Waals surface area contributed by atoms with Crippen LogP contribution in [0.15, 0.2) is 61.3 Å². The monoisotopic (exact) mass is 492 g/mol. The van der Waals surface area contributed by atoms with Crippen LogP contribution in [0, 0.1) is 11.8 Å². The smallest absolute Gasteiger partial charge is 0.159 e. The lowest BCUT2D eigenvalue weighted by molar-refractivity contribution is 0.399. The fraction of sp³-hybridized carbons (Fsp3) is 0.419. The van der Waals surface area contributed by atoms with Crippen LogP contribution >= 0.6 is 0 Å². The van der Waals surface area contributed by atoms with Crippen molar-refractivity contribution in [3.05, 3.63) is 66.9 Å². The molecule has 0 amide bonds. The Morgan fingerprint density at radius 3 is 2.68 bits per heavy atom. The zero-order chi connectivity index (χ0) is 24.9. The van der Waals surface area contributed by atoms with Gasteiger partial charge in [-0.2, -0.15) is 0 Å². The van der Waals surface area contributed by atoms with Crippen molar-refractivity contribution in [2.45, 2.75) is 44.7 Å². The summed E-state index contributed by atoms with van der Waals surface area (Å²) in [4.78, 5) is 12.5. The van der Waals surface area contributed by atoms with Gasteiger partial charge in [0.15, 0.2) is 5.82 Å². The van der Waals surface area contributed by atoms with Gasteiger partial charge in [-0.3, -0.25) is 0 Å². The lowest BCUT2D eigenvalue weighted by atomic mass is 9.96. The second kappa shape index (κ2) is 9.18. The number of aryl methyl sites for hydroxylation is 1. The summed E-state index contributed by atoms with van der Waals surface area (Å²) in [6.07, 6.45) is 8.38. The Kier molecular flexibility index (Phi) is 5.65. The predicted molar refractivity (Wildman–Crippen MR) is 150 cm³/mol. The number of likely N-dealkylation sites (tertiary alicyclic amines) is 1. The minimum Gasteiger partial charge on any atom is -0.371 e. The summed E-state index contributed by atoms with van der Waals surface area (Å²) < 4.78 is 4.60. The number of fused-ring (bicyclic) bond motifs is 2. The highest BCUT2D eigenvalue weighted by atomic mass is 15.2. The molecule has 6 nitrogen and oxygen atoms in total. The van der Waals surface area contributed by atoms with Crippen molar-refractivity contribution in [1.82, 2.24) is 29.3 Å². The van der Waals surface area contributed by atoms with E-state index in [9.17, 15) is 0 Å². The zero-order valence-corrected chi connectivity index (χ0v) is 21.7. The van der Waals surface area contributed by atoms with Crippen LogP contribution in [0.25, 0.3) is 39.6 Å². The van der Waals surface area contributed by atoms with Crippen LogP contribution in [0.1, 0.15) is 37.7 Å². The van der Waals surface area contributed by atoms with Gasteiger partial charge < -0.3 is 19.4 Å². The lowest BCUT2D eigenvalue weighted by Crippen LogP contribution is -2.28. The predicted octanol–water partition coefficient (Wildman–Crippen LogP) is 5.56. The highest BCUT2D eigenvalue weighted by Crippen LogP contribution is 2.36. The van der Waals surface area contributed by atoms with Gasteiger partial charge in [-0.25, -0.2) is 9.97 Å². The fourth-order valence-corrected chi connectivity index (χ4v) is 6.41. The van der Waals surface area contributed by atoms with E-state index in [2.05, 4.69) is 81.5 Å². The molecule has 37 heavy (non-hydrogen) atoms. The third-order valence-electron chi connectivity index (χ3n) is 8.82.